The highest BCUT2D eigenvalue weighted by atomic mass is 35.5. The molecule has 2 nitrogen and oxygen atoms in total. The first-order valence-electron chi connectivity index (χ1n) is 4.11. The molecule has 0 aliphatic carbocycles. The van der Waals surface area contributed by atoms with Gasteiger partial charge in [0.2, 0.25) is 5.28 Å². The molecule has 0 fully saturated rings. The molecule has 2 aromatic rings. The lowest BCUT2D eigenvalue weighted by Crippen LogP contribution is -1.87. The predicted molar refractivity (Wildman–Crippen MR) is 62.5 cm³/mol. The van der Waals surface area contributed by atoms with Crippen molar-refractivity contribution in [2.24, 2.45) is 0 Å². The fraction of sp³-hybridized carbons (Fsp3) is 0. The number of rotatable bonds is 1. The zero-order valence-corrected chi connectivity index (χ0v) is 9.68. The van der Waals surface area contributed by atoms with Gasteiger partial charge in [0, 0.05) is 16.8 Å². The first-order valence-corrected chi connectivity index (χ1v) is 5.24. The zero-order chi connectivity index (χ0) is 10.8. The molecule has 1 heterocycles. The maximum absolute atomic E-state index is 6.02. The Balaban J connectivity index is 2.58. The Morgan fingerprint density at radius 1 is 1.00 bits per heavy atom. The molecule has 2 rings (SSSR count). The Morgan fingerprint density at radius 2 is 1.80 bits per heavy atom. The van der Waals surface area contributed by atoms with Gasteiger partial charge in [-0.3, -0.25) is 0 Å². The van der Waals surface area contributed by atoms with Crippen LogP contribution in [0.1, 0.15) is 0 Å². The van der Waals surface area contributed by atoms with E-state index in [0.29, 0.717) is 15.7 Å². The highest BCUT2D eigenvalue weighted by Crippen LogP contribution is 2.29. The molecule has 0 saturated heterocycles. The summed E-state index contributed by atoms with van der Waals surface area (Å²) in [6.07, 6.45) is 1.57. The maximum atomic E-state index is 6.02. The fourth-order valence-corrected chi connectivity index (χ4v) is 1.71. The Kier molecular flexibility index (Phi) is 3.10. The third-order valence-corrected chi connectivity index (χ3v) is 2.58. The largest absolute Gasteiger partial charge is 0.226 e. The van der Waals surface area contributed by atoms with Gasteiger partial charge in [0.25, 0.3) is 0 Å². The summed E-state index contributed by atoms with van der Waals surface area (Å²) >= 11 is 17.6. The number of hydrogen-bond donors (Lipinski definition) is 0. The van der Waals surface area contributed by atoms with Crippen molar-refractivity contribution < 1.29 is 0 Å². The molecule has 0 radical (unpaired) electrons. The van der Waals surface area contributed by atoms with Gasteiger partial charge in [0.15, 0.2) is 0 Å². The average molecular weight is 260 g/mol. The van der Waals surface area contributed by atoms with Crippen molar-refractivity contribution >= 4 is 34.8 Å². The summed E-state index contributed by atoms with van der Waals surface area (Å²) in [4.78, 5) is 7.85. The van der Waals surface area contributed by atoms with Gasteiger partial charge < -0.3 is 0 Å². The molecule has 15 heavy (non-hydrogen) atoms. The maximum Gasteiger partial charge on any atom is 0.222 e. The topological polar surface area (TPSA) is 25.8 Å². The van der Waals surface area contributed by atoms with E-state index < -0.39 is 0 Å². The Hall–Kier alpha value is -0.830. The van der Waals surface area contributed by atoms with Crippen LogP contribution in [0, 0.1) is 0 Å². The highest BCUT2D eigenvalue weighted by Gasteiger charge is 2.06. The fourth-order valence-electron chi connectivity index (χ4n) is 1.18. The second kappa shape index (κ2) is 4.35. The molecule has 0 saturated carbocycles. The summed E-state index contributed by atoms with van der Waals surface area (Å²) in [6.45, 7) is 0. The van der Waals surface area contributed by atoms with E-state index in [-0.39, 0.29) is 5.28 Å². The van der Waals surface area contributed by atoms with E-state index in [4.69, 9.17) is 34.8 Å². The lowest BCUT2D eigenvalue weighted by molar-refractivity contribution is 1.17. The van der Waals surface area contributed by atoms with Crippen LogP contribution >= 0.6 is 34.8 Å². The van der Waals surface area contributed by atoms with Crippen LogP contribution in [0.25, 0.3) is 11.3 Å². The molecule has 0 bridgehead atoms. The second-order valence-electron chi connectivity index (χ2n) is 2.84. The van der Waals surface area contributed by atoms with Crippen molar-refractivity contribution in [3.05, 3.63) is 45.8 Å². The molecule has 0 spiro atoms. The van der Waals surface area contributed by atoms with Crippen LogP contribution in [0.3, 0.4) is 0 Å². The Labute approximate surface area is 102 Å². The molecule has 0 amide bonds. The lowest BCUT2D eigenvalue weighted by atomic mass is 10.1. The highest BCUT2D eigenvalue weighted by molar-refractivity contribution is 6.35. The van der Waals surface area contributed by atoms with Crippen LogP contribution in [0.15, 0.2) is 30.5 Å². The van der Waals surface area contributed by atoms with Gasteiger partial charge >= 0.3 is 0 Å². The van der Waals surface area contributed by atoms with Gasteiger partial charge in [-0.05, 0) is 35.9 Å². The van der Waals surface area contributed by atoms with Crippen LogP contribution in [-0.4, -0.2) is 9.97 Å². The summed E-state index contributed by atoms with van der Waals surface area (Å²) in [5, 5.41) is 1.36. The molecule has 0 atom stereocenters. The van der Waals surface area contributed by atoms with E-state index in [2.05, 4.69) is 9.97 Å². The number of aromatic nitrogens is 2. The van der Waals surface area contributed by atoms with Crippen LogP contribution in [0.5, 0.6) is 0 Å². The van der Waals surface area contributed by atoms with Crippen LogP contribution in [0.4, 0.5) is 0 Å². The number of halogens is 3. The number of benzene rings is 1. The summed E-state index contributed by atoms with van der Waals surface area (Å²) in [7, 11) is 0. The number of hydrogen-bond acceptors (Lipinski definition) is 2. The van der Waals surface area contributed by atoms with Gasteiger partial charge in [-0.1, -0.05) is 23.2 Å². The minimum atomic E-state index is 0.184. The molecular formula is C10H5Cl3N2. The average Bonchev–Trinajstić information content (AvgIpc) is 2.22. The monoisotopic (exact) mass is 258 g/mol. The third kappa shape index (κ3) is 2.40. The van der Waals surface area contributed by atoms with E-state index in [0.717, 1.165) is 5.56 Å². The van der Waals surface area contributed by atoms with Crippen LogP contribution in [-0.2, 0) is 0 Å². The minimum Gasteiger partial charge on any atom is -0.226 e. The molecule has 0 aliphatic rings. The minimum absolute atomic E-state index is 0.184. The van der Waals surface area contributed by atoms with E-state index in [1.807, 2.05) is 0 Å². The summed E-state index contributed by atoms with van der Waals surface area (Å²) in [6, 6.07) is 6.90. The molecule has 76 valence electrons. The summed E-state index contributed by atoms with van der Waals surface area (Å²) < 4.78 is 0. The smallest absolute Gasteiger partial charge is 0.222 e. The van der Waals surface area contributed by atoms with Crippen molar-refractivity contribution in [1.82, 2.24) is 9.97 Å². The van der Waals surface area contributed by atoms with Crippen molar-refractivity contribution in [2.45, 2.75) is 0 Å². The van der Waals surface area contributed by atoms with Gasteiger partial charge in [-0.15, -0.1) is 0 Å². The SMILES string of the molecule is Clc1ccc(Cl)c(-c2ccnc(Cl)n2)c1. The second-order valence-corrected chi connectivity index (χ2v) is 4.02. The zero-order valence-electron chi connectivity index (χ0n) is 7.42. The van der Waals surface area contributed by atoms with Gasteiger partial charge in [0.05, 0.1) is 10.7 Å². The molecule has 0 aliphatic heterocycles. The van der Waals surface area contributed by atoms with Crippen molar-refractivity contribution in [3.63, 3.8) is 0 Å². The summed E-state index contributed by atoms with van der Waals surface area (Å²) in [5.41, 5.74) is 1.40. The standard InChI is InChI=1S/C10H5Cl3N2/c11-6-1-2-8(12)7(5-6)9-3-4-14-10(13)15-9/h1-5H. The quantitative estimate of drug-likeness (QED) is 0.721. The van der Waals surface area contributed by atoms with E-state index in [9.17, 15) is 0 Å². The molecular weight excluding hydrogens is 254 g/mol. The van der Waals surface area contributed by atoms with Gasteiger partial charge in [-0.2, -0.15) is 0 Å². The van der Waals surface area contributed by atoms with Gasteiger partial charge in [0.1, 0.15) is 0 Å². The molecule has 5 heteroatoms. The van der Waals surface area contributed by atoms with E-state index in [1.54, 1.807) is 30.5 Å². The number of nitrogens with zero attached hydrogens (tertiary/aromatic N) is 2. The van der Waals surface area contributed by atoms with E-state index >= 15 is 0 Å². The Bertz CT molecular complexity index is 500. The predicted octanol–water partition coefficient (Wildman–Crippen LogP) is 4.10. The van der Waals surface area contributed by atoms with Gasteiger partial charge in [-0.25, -0.2) is 9.97 Å². The van der Waals surface area contributed by atoms with Crippen molar-refractivity contribution in [1.29, 1.82) is 0 Å². The lowest BCUT2D eigenvalue weighted by Gasteiger charge is -2.03. The van der Waals surface area contributed by atoms with Crippen molar-refractivity contribution in [2.75, 3.05) is 0 Å². The Morgan fingerprint density at radius 3 is 2.53 bits per heavy atom. The molecule has 1 aromatic carbocycles. The normalized spacial score (nSPS) is 10.3. The van der Waals surface area contributed by atoms with Crippen molar-refractivity contribution in [3.8, 4) is 11.3 Å². The molecule has 0 N–H and O–H groups in total. The molecule has 0 unspecified atom stereocenters. The van der Waals surface area contributed by atoms with Crippen LogP contribution in [0.2, 0.25) is 15.3 Å². The van der Waals surface area contributed by atoms with E-state index in [1.165, 1.54) is 0 Å². The summed E-state index contributed by atoms with van der Waals surface area (Å²) in [5.74, 6) is 0. The third-order valence-electron chi connectivity index (χ3n) is 1.83. The van der Waals surface area contributed by atoms with Crippen LogP contribution < -0.4 is 0 Å². The first kappa shape index (κ1) is 10.7. The molecule has 1 aromatic heterocycles. The first-order chi connectivity index (χ1) is 7.16.